The highest BCUT2D eigenvalue weighted by atomic mass is 32.1. The monoisotopic (exact) mass is 414 g/mol. The molecule has 0 fully saturated rings. The summed E-state index contributed by atoms with van der Waals surface area (Å²) in [6.45, 7) is 29.3. The first-order valence-electron chi connectivity index (χ1n) is 10.6. The van der Waals surface area contributed by atoms with E-state index in [1.165, 1.54) is 33.0 Å². The van der Waals surface area contributed by atoms with Crippen molar-refractivity contribution >= 4 is 41.6 Å². The predicted molar refractivity (Wildman–Crippen MR) is 148 cm³/mol. The van der Waals surface area contributed by atoms with Gasteiger partial charge in [0.25, 0.3) is 0 Å². The molecular weight excluding hydrogens is 368 g/mol. The van der Waals surface area contributed by atoms with Crippen LogP contribution < -0.4 is 0 Å². The van der Waals surface area contributed by atoms with Crippen molar-refractivity contribution in [1.29, 1.82) is 0 Å². The van der Waals surface area contributed by atoms with Crippen LogP contribution in [-0.2, 0) is 0 Å². The average Bonchev–Trinajstić information content (AvgIpc) is 2.81. The molecule has 0 atom stereocenters. The second-order valence-electron chi connectivity index (χ2n) is 4.73. The largest absolute Gasteiger partial charge is 0.183 e. The first kappa shape index (κ1) is 34.5. The molecular formula is C28H46S. The van der Waals surface area contributed by atoms with E-state index in [-0.39, 0.29) is 0 Å². The van der Waals surface area contributed by atoms with Gasteiger partial charge in [0.15, 0.2) is 0 Å². The van der Waals surface area contributed by atoms with Crippen molar-refractivity contribution in [3.05, 3.63) is 78.4 Å². The molecule has 0 spiro atoms. The quantitative estimate of drug-likeness (QED) is 0.374. The third kappa shape index (κ3) is 11.6. The van der Waals surface area contributed by atoms with E-state index in [1.54, 1.807) is 12.3 Å². The molecule has 0 saturated carbocycles. The van der Waals surface area contributed by atoms with Gasteiger partial charge in [0.1, 0.15) is 0 Å². The van der Waals surface area contributed by atoms with E-state index in [2.05, 4.69) is 75.7 Å². The van der Waals surface area contributed by atoms with E-state index in [0.717, 1.165) is 0 Å². The highest BCUT2D eigenvalue weighted by Gasteiger charge is 2.10. The summed E-state index contributed by atoms with van der Waals surface area (Å²) in [4.78, 5) is 0. The molecule has 0 amide bonds. The summed E-state index contributed by atoms with van der Waals surface area (Å²) in [5, 5.41) is 2.51. The van der Waals surface area contributed by atoms with Crippen LogP contribution in [0.25, 0.3) is 29.0 Å². The Morgan fingerprint density at radius 3 is 1.34 bits per heavy atom. The van der Waals surface area contributed by atoms with Gasteiger partial charge in [-0.2, -0.15) is 12.6 Å². The molecule has 1 heteroatoms. The zero-order valence-electron chi connectivity index (χ0n) is 20.8. The molecule has 2 aromatic rings. The van der Waals surface area contributed by atoms with Crippen LogP contribution in [0.1, 0.15) is 77.6 Å². The third-order valence-corrected chi connectivity index (χ3v) is 3.35. The Kier molecular flexibility index (Phi) is 31.0. The van der Waals surface area contributed by atoms with E-state index in [0.29, 0.717) is 0 Å². The number of allylic oxidation sites excluding steroid dienone is 2. The summed E-state index contributed by atoms with van der Waals surface area (Å²) >= 11 is 3.53. The zero-order valence-corrected chi connectivity index (χ0v) is 21.7. The standard InChI is InChI=1S/C18H18.C3H6.3C2H6.CH4S/c1-5-10-16-13(4)14(6-2)15(7-3)17-11-8-9-12-18(16)17;1-3-2;4*1-2/h5-12H,2-3H2,1,4H3;3H,1H2,2H3;3*1-2H3;2H,1H3/b10-5-;;;;;. The minimum Gasteiger partial charge on any atom is -0.183 e. The van der Waals surface area contributed by atoms with Gasteiger partial charge < -0.3 is 0 Å². The van der Waals surface area contributed by atoms with Gasteiger partial charge in [0, 0.05) is 0 Å². The van der Waals surface area contributed by atoms with Crippen LogP contribution in [-0.4, -0.2) is 6.26 Å². The molecule has 2 aromatic carbocycles. The summed E-state index contributed by atoms with van der Waals surface area (Å²) in [6, 6.07) is 8.45. The molecule has 0 aromatic heterocycles. The second-order valence-corrected chi connectivity index (χ2v) is 4.73. The Labute approximate surface area is 188 Å². The Morgan fingerprint density at radius 2 is 1.03 bits per heavy atom. The summed E-state index contributed by atoms with van der Waals surface area (Å²) in [6.07, 6.45) is 11.5. The number of rotatable bonds is 3. The molecule has 0 aliphatic rings. The lowest BCUT2D eigenvalue weighted by molar-refractivity contribution is 1.44. The maximum Gasteiger partial charge on any atom is -0.00994 e. The van der Waals surface area contributed by atoms with Gasteiger partial charge >= 0.3 is 0 Å². The number of thiol groups is 1. The Balaban J connectivity index is -0.000000244. The van der Waals surface area contributed by atoms with E-state index >= 15 is 0 Å². The molecule has 0 N–H and O–H groups in total. The average molecular weight is 415 g/mol. The number of fused-ring (bicyclic) bond motifs is 1. The van der Waals surface area contributed by atoms with Crippen molar-refractivity contribution in [2.45, 2.75) is 62.3 Å². The molecule has 0 heterocycles. The van der Waals surface area contributed by atoms with Crippen molar-refractivity contribution in [3.8, 4) is 0 Å². The first-order chi connectivity index (χ1) is 14.2. The fourth-order valence-electron chi connectivity index (χ4n) is 2.51. The normalized spacial score (nSPS) is 8.10. The SMILES string of the molecule is C=CC.C=Cc1c(C)c(/C=C\C)c2ccccc2c1C=C.CC.CC.CC.CS. The lowest BCUT2D eigenvalue weighted by Crippen LogP contribution is -1.94. The molecule has 0 radical (unpaired) electrons. The van der Waals surface area contributed by atoms with Crippen molar-refractivity contribution in [2.24, 2.45) is 0 Å². The summed E-state index contributed by atoms with van der Waals surface area (Å²) in [5.74, 6) is 0. The molecule has 0 unspecified atom stereocenters. The fraction of sp³-hybridized carbons (Fsp3) is 0.357. The molecule has 2 rings (SSSR count). The van der Waals surface area contributed by atoms with Crippen molar-refractivity contribution in [3.63, 3.8) is 0 Å². The molecule has 0 saturated heterocycles. The molecule has 0 aliphatic heterocycles. The van der Waals surface area contributed by atoms with E-state index < -0.39 is 0 Å². The van der Waals surface area contributed by atoms with Gasteiger partial charge in [0.2, 0.25) is 0 Å². The third-order valence-electron chi connectivity index (χ3n) is 3.35. The van der Waals surface area contributed by atoms with Gasteiger partial charge in [-0.25, -0.2) is 0 Å². The Bertz CT molecular complexity index is 691. The fourth-order valence-corrected chi connectivity index (χ4v) is 2.51. The van der Waals surface area contributed by atoms with E-state index in [9.17, 15) is 0 Å². The molecule has 0 bridgehead atoms. The predicted octanol–water partition coefficient (Wildman–Crippen LogP) is 10.3. The van der Waals surface area contributed by atoms with Gasteiger partial charge in [-0.05, 0) is 60.1 Å². The van der Waals surface area contributed by atoms with Crippen LogP contribution in [0.5, 0.6) is 0 Å². The highest BCUT2D eigenvalue weighted by Crippen LogP contribution is 2.32. The van der Waals surface area contributed by atoms with Crippen LogP contribution in [0.15, 0.2) is 56.2 Å². The number of benzene rings is 2. The van der Waals surface area contributed by atoms with E-state index in [4.69, 9.17) is 0 Å². The van der Waals surface area contributed by atoms with Crippen LogP contribution >= 0.6 is 12.6 Å². The Hall–Kier alpha value is -1.99. The molecule has 0 aliphatic carbocycles. The van der Waals surface area contributed by atoms with E-state index in [1.807, 2.05) is 67.5 Å². The van der Waals surface area contributed by atoms with Crippen LogP contribution in [0.3, 0.4) is 0 Å². The minimum atomic E-state index is 1.17. The zero-order chi connectivity index (χ0) is 23.8. The smallest absolute Gasteiger partial charge is 0.00994 e. The van der Waals surface area contributed by atoms with Gasteiger partial charge in [-0.3, -0.25) is 0 Å². The van der Waals surface area contributed by atoms with Crippen LogP contribution in [0, 0.1) is 6.92 Å². The summed E-state index contributed by atoms with van der Waals surface area (Å²) in [5.41, 5.74) is 4.88. The minimum absolute atomic E-state index is 1.17. The molecule has 0 nitrogen and oxygen atoms in total. The van der Waals surface area contributed by atoms with Gasteiger partial charge in [-0.1, -0.05) is 109 Å². The summed E-state index contributed by atoms with van der Waals surface area (Å²) in [7, 11) is 0. The van der Waals surface area contributed by atoms with Gasteiger partial charge in [0.05, 0.1) is 0 Å². The molecule has 29 heavy (non-hydrogen) atoms. The van der Waals surface area contributed by atoms with Crippen molar-refractivity contribution < 1.29 is 0 Å². The maximum atomic E-state index is 3.94. The number of hydrogen-bond donors (Lipinski definition) is 1. The van der Waals surface area contributed by atoms with Crippen molar-refractivity contribution in [2.75, 3.05) is 6.26 Å². The van der Waals surface area contributed by atoms with Crippen molar-refractivity contribution in [1.82, 2.24) is 0 Å². The first-order valence-corrected chi connectivity index (χ1v) is 11.5. The lowest BCUT2D eigenvalue weighted by atomic mass is 9.89. The van der Waals surface area contributed by atoms with Crippen LogP contribution in [0.2, 0.25) is 0 Å². The maximum absolute atomic E-state index is 3.94. The van der Waals surface area contributed by atoms with Crippen LogP contribution in [0.4, 0.5) is 0 Å². The molecule has 164 valence electrons. The summed E-state index contributed by atoms with van der Waals surface area (Å²) < 4.78 is 0. The topological polar surface area (TPSA) is 0 Å². The van der Waals surface area contributed by atoms with Gasteiger partial charge in [-0.15, -0.1) is 6.58 Å². The number of hydrogen-bond acceptors (Lipinski definition) is 1. The second kappa shape index (κ2) is 26.0. The highest BCUT2D eigenvalue weighted by molar-refractivity contribution is 7.79. The lowest BCUT2D eigenvalue weighted by Gasteiger charge is -2.15. The Morgan fingerprint density at radius 1 is 0.690 bits per heavy atom.